The topological polar surface area (TPSA) is 319 Å². The van der Waals surface area contributed by atoms with Crippen molar-refractivity contribution in [3.63, 3.8) is 0 Å². The summed E-state index contributed by atoms with van der Waals surface area (Å²) in [5.41, 5.74) is 1.38. The molecular formula is C78H56F4K2O20S4. The molecule has 0 atom stereocenters. The first-order chi connectivity index (χ1) is 50.3. The van der Waals surface area contributed by atoms with E-state index in [1.807, 2.05) is 6.92 Å². The largest absolute Gasteiger partial charge is 1.00 e. The van der Waals surface area contributed by atoms with E-state index in [1.165, 1.54) is 91.0 Å². The molecule has 0 bridgehead atoms. The van der Waals surface area contributed by atoms with Crippen molar-refractivity contribution < 1.29 is 212 Å². The zero-order valence-corrected chi connectivity index (χ0v) is 66.5. The van der Waals surface area contributed by atoms with E-state index >= 15 is 0 Å². The van der Waals surface area contributed by atoms with Crippen LogP contribution < -0.4 is 131 Å². The molecule has 0 radical (unpaired) electrons. The number of rotatable bonds is 17. The van der Waals surface area contributed by atoms with Crippen LogP contribution in [0.3, 0.4) is 0 Å². The second-order valence-electron chi connectivity index (χ2n) is 21.6. The molecule has 0 aromatic heterocycles. The van der Waals surface area contributed by atoms with E-state index in [-0.39, 0.29) is 162 Å². The Bertz CT molecular complexity index is 5510. The average Bonchev–Trinajstić information content (AvgIpc) is 0.801. The second kappa shape index (κ2) is 40.1. The number of halogens is 4. The number of ether oxygens (including phenoxy) is 6. The zero-order valence-electron chi connectivity index (χ0n) is 57.0. The van der Waals surface area contributed by atoms with Crippen LogP contribution in [0.4, 0.5) is 17.6 Å². The van der Waals surface area contributed by atoms with Crippen molar-refractivity contribution in [3.05, 3.63) is 307 Å². The Kier molecular flexibility index (Phi) is 32.4. The van der Waals surface area contributed by atoms with Crippen LogP contribution in [0.2, 0.25) is 0 Å². The third kappa shape index (κ3) is 25.8. The normalized spacial score (nSPS) is 10.7. The molecular weight excluding hydrogens is 1540 g/mol. The quantitative estimate of drug-likeness (QED) is 0.0164. The van der Waals surface area contributed by atoms with Gasteiger partial charge < -0.3 is 58.0 Å². The number of aryl methyl sites for hydroxylation is 1. The summed E-state index contributed by atoms with van der Waals surface area (Å²) >= 11 is 0. The minimum absolute atomic E-state index is 0. The fraction of sp³-hybridized carbons (Fsp3) is 0.0256. The molecule has 0 fully saturated rings. The van der Waals surface area contributed by atoms with Crippen LogP contribution in [-0.4, -0.2) is 70.3 Å². The van der Waals surface area contributed by atoms with E-state index in [9.17, 15) is 60.3 Å². The Labute approximate surface area is 704 Å². The molecule has 0 saturated carbocycles. The first-order valence-electron chi connectivity index (χ1n) is 30.3. The first kappa shape index (κ1) is 87.4. The summed E-state index contributed by atoms with van der Waals surface area (Å²) in [5, 5.41) is 35.8. The van der Waals surface area contributed by atoms with Crippen LogP contribution in [0.25, 0.3) is 0 Å². The molecule has 108 heavy (non-hydrogen) atoms. The molecule has 0 amide bonds. The molecule has 0 aliphatic rings. The molecule has 0 aliphatic carbocycles. The number of phenols is 4. The van der Waals surface area contributed by atoms with Gasteiger partial charge in [0.15, 0.2) is 0 Å². The Balaban J connectivity index is 0.000000261. The van der Waals surface area contributed by atoms with Gasteiger partial charge in [-0.05, 0) is 255 Å². The van der Waals surface area contributed by atoms with Crippen molar-refractivity contribution in [3.8, 4) is 111 Å². The van der Waals surface area contributed by atoms with Gasteiger partial charge in [-0.3, -0.25) is 0 Å². The molecule has 4 N–H and O–H groups in total. The summed E-state index contributed by atoms with van der Waals surface area (Å²) in [4.78, 5) is -1.55. The monoisotopic (exact) mass is 1590 g/mol. The molecule has 20 nitrogen and oxygen atoms in total. The Morgan fingerprint density at radius 3 is 1.03 bits per heavy atom. The SMILES string of the molecule is C#Cc1ccc(C)cc1Oc1ccc(Oc2ccc(S(=O)(=O)c3ccc(Oc4ccc(Oc5ccc(OC)cc5)cc4)cc3)cc2)c(S(=O)(=O)[O-])c1.C#Cc1ccc(F)cc1F.O=S(=O)([O-])c1cc(O)ccc1O.O=S(=O)(c1ccc(F)cc1)c1ccc(F)cc1.Oc1ccc(Oc2ccc(O)cc2)cc1.[K+].[K+]. The van der Waals surface area contributed by atoms with Gasteiger partial charge >= 0.3 is 103 Å². The Morgan fingerprint density at radius 2 is 0.657 bits per heavy atom. The number of hydrogen-bond acceptors (Lipinski definition) is 20. The molecule has 12 rings (SSSR count). The van der Waals surface area contributed by atoms with E-state index < -0.39 is 78.7 Å². The zero-order chi connectivity index (χ0) is 76.9. The summed E-state index contributed by atoms with van der Waals surface area (Å²) in [6.45, 7) is 1.84. The molecule has 0 heterocycles. The van der Waals surface area contributed by atoms with Crippen LogP contribution in [0, 0.1) is 54.9 Å². The van der Waals surface area contributed by atoms with Gasteiger partial charge in [-0.25, -0.2) is 51.2 Å². The average molecular weight is 1600 g/mol. The van der Waals surface area contributed by atoms with Gasteiger partial charge in [0.05, 0.1) is 42.7 Å². The maximum atomic E-state index is 13.4. The molecule has 0 aliphatic heterocycles. The molecule has 0 spiro atoms. The Morgan fingerprint density at radius 1 is 0.333 bits per heavy atom. The van der Waals surface area contributed by atoms with Gasteiger partial charge in [0.25, 0.3) is 0 Å². The van der Waals surface area contributed by atoms with Crippen molar-refractivity contribution in [2.75, 3.05) is 7.11 Å². The number of hydrogen-bond donors (Lipinski definition) is 4. The first-order valence-corrected chi connectivity index (χ1v) is 36.1. The predicted octanol–water partition coefficient (Wildman–Crippen LogP) is 10.5. The summed E-state index contributed by atoms with van der Waals surface area (Å²) in [7, 11) is -15.8. The van der Waals surface area contributed by atoms with Gasteiger partial charge in [0.1, 0.15) is 135 Å². The molecule has 30 heteroatoms. The minimum atomic E-state index is -5.01. The minimum Gasteiger partial charge on any atom is -0.744 e. The standard InChI is InChI=1S/C40H30O10S2.C12H8F2O2S.C12H10O3.C8H4F2.C6H6O5S.2K/c1-4-28-6-5-27(2)25-39(28)50-35-19-24-38(40(26-35)52(43,44)45)49-34-17-22-37(23-18-34)51(41,42)36-20-15-33(16-21-36)48-32-13-11-31(12-14-32)47-30-9-7-29(46-3)8-10-30;13-9-1-5-11(6-2-9)17(15,16)12-7-3-10(14)4-8-12;13-9-1-5-11(6-2-9)15-12-7-3-10(14)4-8-12;1-2-6-3-4-7(9)5-8(6)10;7-4-1-2-5(8)6(3-4)12(9,10)11;;/h1,5-26H,2-3H3,(H,43,44,45);1-8H;1-8,13-14H;1,3-5H;1-3,7-8H,(H,9,10,11);;/q;;;;;2*+1/p-2. The van der Waals surface area contributed by atoms with Crippen molar-refractivity contribution in [2.24, 2.45) is 0 Å². The number of aromatic hydroxyl groups is 4. The van der Waals surface area contributed by atoms with E-state index in [1.54, 1.807) is 122 Å². The van der Waals surface area contributed by atoms with Crippen LogP contribution in [0.15, 0.2) is 296 Å². The predicted molar refractivity (Wildman–Crippen MR) is 378 cm³/mol. The van der Waals surface area contributed by atoms with Crippen molar-refractivity contribution in [1.82, 2.24) is 0 Å². The third-order valence-corrected chi connectivity index (χ3v) is 19.3. The van der Waals surface area contributed by atoms with Crippen molar-refractivity contribution >= 4 is 39.9 Å². The van der Waals surface area contributed by atoms with Crippen LogP contribution in [-0.2, 0) is 39.9 Å². The number of benzene rings is 12. The van der Waals surface area contributed by atoms with Crippen LogP contribution in [0.1, 0.15) is 16.7 Å². The summed E-state index contributed by atoms with van der Waals surface area (Å²) in [6.07, 6.45) is 10.4. The van der Waals surface area contributed by atoms with E-state index in [2.05, 4.69) is 11.8 Å². The van der Waals surface area contributed by atoms with Gasteiger partial charge in [-0.15, -0.1) is 12.8 Å². The number of terminal acetylenes is 2. The van der Waals surface area contributed by atoms with E-state index in [4.69, 9.17) is 61.7 Å². The van der Waals surface area contributed by atoms with Crippen LogP contribution >= 0.6 is 0 Å². The van der Waals surface area contributed by atoms with E-state index in [0.717, 1.165) is 65.9 Å². The van der Waals surface area contributed by atoms with Gasteiger partial charge in [-0.1, -0.05) is 17.9 Å². The van der Waals surface area contributed by atoms with Crippen molar-refractivity contribution in [2.45, 2.75) is 36.3 Å². The van der Waals surface area contributed by atoms with Crippen molar-refractivity contribution in [1.29, 1.82) is 0 Å². The molecule has 12 aromatic rings. The maximum Gasteiger partial charge on any atom is 1.00 e. The smallest absolute Gasteiger partial charge is 0.744 e. The van der Waals surface area contributed by atoms with Gasteiger partial charge in [-0.2, -0.15) is 0 Å². The van der Waals surface area contributed by atoms with E-state index in [0.29, 0.717) is 51.9 Å². The molecule has 0 saturated heterocycles. The Hall–Kier alpha value is -9.53. The molecule has 0 unspecified atom stereocenters. The maximum absolute atomic E-state index is 13.4. The summed E-state index contributed by atoms with van der Waals surface area (Å²) in [5.74, 6) is 5.97. The van der Waals surface area contributed by atoms with Crippen LogP contribution in [0.5, 0.6) is 86.2 Å². The van der Waals surface area contributed by atoms with Gasteiger partial charge in [0, 0.05) is 18.2 Å². The third-order valence-electron chi connectivity index (χ3n) is 14.0. The fourth-order valence-electron chi connectivity index (χ4n) is 8.76. The number of phenolic OH excluding ortho intramolecular Hbond substituents is 4. The fourth-order valence-corrected chi connectivity index (χ4v) is 12.5. The summed E-state index contributed by atoms with van der Waals surface area (Å²) < 4.78 is 202. The molecule has 12 aromatic carbocycles. The van der Waals surface area contributed by atoms with Gasteiger partial charge in [0.2, 0.25) is 19.7 Å². The second-order valence-corrected chi connectivity index (χ2v) is 28.2. The number of sulfone groups is 2. The number of methoxy groups -OCH3 is 1. The summed E-state index contributed by atoms with van der Waals surface area (Å²) in [6, 6.07) is 61.9. The molecule has 542 valence electrons.